The normalized spacial score (nSPS) is 19.7. The number of amides is 2. The van der Waals surface area contributed by atoms with Gasteiger partial charge in [0, 0.05) is 35.3 Å². The molecule has 35 heavy (non-hydrogen) atoms. The topological polar surface area (TPSA) is 66.4 Å². The van der Waals surface area contributed by atoms with Crippen LogP contribution in [0.15, 0.2) is 47.3 Å². The van der Waals surface area contributed by atoms with E-state index in [9.17, 15) is 27.2 Å². The van der Waals surface area contributed by atoms with E-state index in [2.05, 4.69) is 25.9 Å². The Morgan fingerprint density at radius 1 is 1.14 bits per heavy atom. The highest BCUT2D eigenvalue weighted by atomic mass is 79.9. The summed E-state index contributed by atoms with van der Waals surface area (Å²) in [6.07, 6.45) is -0.449. The van der Waals surface area contributed by atoms with Crippen LogP contribution >= 0.6 is 15.9 Å². The van der Waals surface area contributed by atoms with Gasteiger partial charge in [0.15, 0.2) is 0 Å². The minimum absolute atomic E-state index is 0.0770. The maximum absolute atomic E-state index is 13.7. The molecule has 6 nitrogen and oxygen atoms in total. The highest BCUT2D eigenvalue weighted by molar-refractivity contribution is 9.10. The maximum atomic E-state index is 13.7. The van der Waals surface area contributed by atoms with E-state index in [-0.39, 0.29) is 38.4 Å². The molecule has 3 aromatic rings. The molecule has 0 unspecified atom stereocenters. The molecule has 0 radical (unpaired) electrons. The molecule has 1 aliphatic carbocycles. The smallest absolute Gasteiger partial charge is 0.339 e. The van der Waals surface area contributed by atoms with Crippen molar-refractivity contribution in [2.75, 3.05) is 18.0 Å². The summed E-state index contributed by atoms with van der Waals surface area (Å²) in [7, 11) is 0. The van der Waals surface area contributed by atoms with Gasteiger partial charge in [0.2, 0.25) is 11.8 Å². The number of halogens is 5. The monoisotopic (exact) mass is 548 g/mol. The molecule has 2 aliphatic heterocycles. The Kier molecular flexibility index (Phi) is 4.62. The number of alkyl halides is 3. The van der Waals surface area contributed by atoms with Crippen LogP contribution in [0.2, 0.25) is 0 Å². The van der Waals surface area contributed by atoms with Gasteiger partial charge in [-0.05, 0) is 57.9 Å². The van der Waals surface area contributed by atoms with Crippen molar-refractivity contribution in [1.82, 2.24) is 14.9 Å². The molecule has 0 bridgehead atoms. The molecule has 4 heterocycles. The van der Waals surface area contributed by atoms with Gasteiger partial charge in [-0.15, -0.1) is 0 Å². The van der Waals surface area contributed by atoms with Crippen LogP contribution in [0, 0.1) is 11.2 Å². The first-order valence-corrected chi connectivity index (χ1v) is 11.7. The van der Waals surface area contributed by atoms with Gasteiger partial charge in [0.1, 0.15) is 16.6 Å². The standard InChI is InChI=1S/C24H17BrF4N4O2/c25-19-15-2-1-14(26)7-13(15)8-31-17(19)10-33-18-9-30-6-3-16(18)22(20(33)34)11-32(12-22)21(35)23(4-5-23)24(27,28)29/h1-3,6-9H,4-5,10-12H2. The molecular weight excluding hydrogens is 532 g/mol. The number of rotatable bonds is 3. The van der Waals surface area contributed by atoms with E-state index in [0.717, 1.165) is 10.3 Å². The number of hydrogen-bond acceptors (Lipinski definition) is 4. The maximum Gasteiger partial charge on any atom is 0.403 e. The van der Waals surface area contributed by atoms with Crippen molar-refractivity contribution in [3.63, 3.8) is 0 Å². The largest absolute Gasteiger partial charge is 0.403 e. The Hall–Kier alpha value is -3.08. The number of anilines is 1. The molecule has 180 valence electrons. The number of fused-ring (bicyclic) bond motifs is 3. The Morgan fingerprint density at radius 3 is 2.57 bits per heavy atom. The second kappa shape index (κ2) is 7.22. The molecule has 2 aromatic heterocycles. The lowest BCUT2D eigenvalue weighted by Crippen LogP contribution is -2.67. The van der Waals surface area contributed by atoms with Crippen molar-refractivity contribution in [3.8, 4) is 0 Å². The molecule has 1 aromatic carbocycles. The van der Waals surface area contributed by atoms with E-state index in [1.165, 1.54) is 35.6 Å². The van der Waals surface area contributed by atoms with Gasteiger partial charge in [-0.25, -0.2) is 4.39 Å². The number of carbonyl (C=O) groups is 2. The van der Waals surface area contributed by atoms with E-state index >= 15 is 0 Å². The zero-order valence-electron chi connectivity index (χ0n) is 18.1. The second-order valence-electron chi connectivity index (χ2n) is 9.36. The average molecular weight is 549 g/mol. The number of aromatic nitrogens is 2. The van der Waals surface area contributed by atoms with Crippen LogP contribution in [0.25, 0.3) is 10.8 Å². The minimum Gasteiger partial charge on any atom is -0.339 e. The lowest BCUT2D eigenvalue weighted by atomic mass is 9.74. The fourth-order valence-electron chi connectivity index (χ4n) is 5.21. The summed E-state index contributed by atoms with van der Waals surface area (Å²) < 4.78 is 54.6. The molecule has 0 N–H and O–H groups in total. The average Bonchev–Trinajstić information content (AvgIpc) is 3.57. The van der Waals surface area contributed by atoms with Crippen LogP contribution < -0.4 is 4.90 Å². The van der Waals surface area contributed by atoms with Crippen LogP contribution in [-0.2, 0) is 21.5 Å². The summed E-state index contributed by atoms with van der Waals surface area (Å²) in [6.45, 7) is -0.142. The van der Waals surface area contributed by atoms with Crippen molar-refractivity contribution < 1.29 is 27.2 Å². The van der Waals surface area contributed by atoms with Gasteiger partial charge in [-0.3, -0.25) is 19.6 Å². The van der Waals surface area contributed by atoms with Crippen LogP contribution in [0.5, 0.6) is 0 Å². The van der Waals surface area contributed by atoms with Gasteiger partial charge < -0.3 is 9.80 Å². The molecule has 11 heteroatoms. The molecule has 1 saturated carbocycles. The molecule has 0 atom stereocenters. The Balaban J connectivity index is 1.31. The summed E-state index contributed by atoms with van der Waals surface area (Å²) in [5.41, 5.74) is -1.71. The van der Waals surface area contributed by atoms with Gasteiger partial charge in [-0.2, -0.15) is 13.2 Å². The number of benzene rings is 1. The van der Waals surface area contributed by atoms with Crippen LogP contribution in [-0.4, -0.2) is 45.9 Å². The van der Waals surface area contributed by atoms with Crippen LogP contribution in [0.3, 0.4) is 0 Å². The third kappa shape index (κ3) is 3.06. The van der Waals surface area contributed by atoms with Gasteiger partial charge >= 0.3 is 6.18 Å². The highest BCUT2D eigenvalue weighted by Crippen LogP contribution is 2.60. The summed E-state index contributed by atoms with van der Waals surface area (Å²) >= 11 is 3.51. The van der Waals surface area contributed by atoms with Gasteiger partial charge in [0.25, 0.3) is 0 Å². The van der Waals surface area contributed by atoms with Gasteiger partial charge in [0.05, 0.1) is 24.1 Å². The third-order valence-electron chi connectivity index (χ3n) is 7.34. The summed E-state index contributed by atoms with van der Waals surface area (Å²) in [6, 6.07) is 5.99. The van der Waals surface area contributed by atoms with Crippen molar-refractivity contribution in [1.29, 1.82) is 0 Å². The van der Waals surface area contributed by atoms with Crippen LogP contribution in [0.4, 0.5) is 23.2 Å². The molecular formula is C24H17BrF4N4O2. The number of nitrogens with zero attached hydrogens (tertiary/aromatic N) is 4. The zero-order chi connectivity index (χ0) is 24.8. The Bertz CT molecular complexity index is 1420. The third-order valence-corrected chi connectivity index (χ3v) is 8.23. The molecule has 6 rings (SSSR count). The van der Waals surface area contributed by atoms with E-state index in [1.54, 1.807) is 12.1 Å². The lowest BCUT2D eigenvalue weighted by Gasteiger charge is -2.48. The van der Waals surface area contributed by atoms with Crippen molar-refractivity contribution in [2.45, 2.75) is 31.0 Å². The molecule has 1 spiro atoms. The van der Waals surface area contributed by atoms with E-state index in [0.29, 0.717) is 26.8 Å². The van der Waals surface area contributed by atoms with Gasteiger partial charge in [-0.1, -0.05) is 6.07 Å². The number of pyridine rings is 2. The first-order valence-electron chi connectivity index (χ1n) is 10.9. The van der Waals surface area contributed by atoms with Crippen LogP contribution in [0.1, 0.15) is 24.1 Å². The first-order chi connectivity index (χ1) is 16.6. The quantitative estimate of drug-likeness (QED) is 0.452. The molecule has 1 saturated heterocycles. The second-order valence-corrected chi connectivity index (χ2v) is 10.2. The number of likely N-dealkylation sites (tertiary alicyclic amines) is 1. The van der Waals surface area contributed by atoms with E-state index < -0.39 is 28.7 Å². The van der Waals surface area contributed by atoms with E-state index in [4.69, 9.17) is 0 Å². The Morgan fingerprint density at radius 2 is 1.89 bits per heavy atom. The SMILES string of the molecule is O=C1N(Cc2ncc3cc(F)ccc3c2Br)c2cnccc2C12CN(C(=O)C1(C(F)(F)F)CC1)C2. The van der Waals surface area contributed by atoms with Crippen molar-refractivity contribution >= 4 is 44.2 Å². The van der Waals surface area contributed by atoms with Crippen molar-refractivity contribution in [3.05, 3.63) is 64.4 Å². The summed E-state index contributed by atoms with van der Waals surface area (Å²) in [5, 5.41) is 1.32. The fraction of sp³-hybridized carbons (Fsp3) is 0.333. The van der Waals surface area contributed by atoms with E-state index in [1.807, 2.05) is 0 Å². The predicted molar refractivity (Wildman–Crippen MR) is 121 cm³/mol. The number of hydrogen-bond donors (Lipinski definition) is 0. The summed E-state index contributed by atoms with van der Waals surface area (Å²) in [4.78, 5) is 37.6. The zero-order valence-corrected chi connectivity index (χ0v) is 19.7. The molecule has 3 aliphatic rings. The number of carbonyl (C=O) groups excluding carboxylic acids is 2. The molecule has 2 amide bonds. The predicted octanol–water partition coefficient (Wildman–Crippen LogP) is 4.50. The summed E-state index contributed by atoms with van der Waals surface area (Å²) in [5.74, 6) is -1.66. The first kappa shape index (κ1) is 22.4. The highest BCUT2D eigenvalue weighted by Gasteiger charge is 2.72. The lowest BCUT2D eigenvalue weighted by molar-refractivity contribution is -0.202. The van der Waals surface area contributed by atoms with Crippen molar-refractivity contribution in [2.24, 2.45) is 5.41 Å². The fourth-order valence-corrected chi connectivity index (χ4v) is 5.80. The minimum atomic E-state index is -4.60. The Labute approximate surface area is 205 Å². The molecule has 2 fully saturated rings.